The molecular weight excluding hydrogens is 503 g/mol. The van der Waals surface area contributed by atoms with E-state index in [0.717, 1.165) is 17.3 Å². The van der Waals surface area contributed by atoms with Crippen molar-refractivity contribution in [3.8, 4) is 0 Å². The lowest BCUT2D eigenvalue weighted by atomic mass is 10.2. The molecule has 1 saturated heterocycles. The van der Waals surface area contributed by atoms with Crippen LogP contribution in [-0.4, -0.2) is 35.9 Å². The van der Waals surface area contributed by atoms with Crippen molar-refractivity contribution in [3.63, 3.8) is 0 Å². The molecule has 0 bridgehead atoms. The second-order valence-electron chi connectivity index (χ2n) is 5.46. The van der Waals surface area contributed by atoms with Crippen LogP contribution < -0.4 is 0 Å². The Morgan fingerprint density at radius 1 is 0.962 bits per heavy atom. The van der Waals surface area contributed by atoms with Crippen LogP contribution in [0.15, 0.2) is 60.7 Å². The Balaban J connectivity index is 0.000000219. The molecule has 0 aliphatic carbocycles. The lowest BCUT2D eigenvalue weighted by Crippen LogP contribution is -2.15. The first-order valence-electron chi connectivity index (χ1n) is 8.28. The number of rotatable bonds is 7. The van der Waals surface area contributed by atoms with E-state index in [1.54, 1.807) is 0 Å². The number of benzene rings is 2. The summed E-state index contributed by atoms with van der Waals surface area (Å²) < 4.78 is 10.3. The van der Waals surface area contributed by atoms with Crippen molar-refractivity contribution in [2.45, 2.75) is 24.1 Å². The largest absolute Gasteiger partial charge is 0.372 e. The second-order valence-corrected chi connectivity index (χ2v) is 7.28. The van der Waals surface area contributed by atoms with Gasteiger partial charge >= 0.3 is 0 Å². The smallest absolute Gasteiger partial charge is 0.0944 e. The van der Waals surface area contributed by atoms with E-state index < -0.39 is 0 Å². The van der Waals surface area contributed by atoms with Crippen molar-refractivity contribution in [1.29, 1.82) is 0 Å². The average Bonchev–Trinajstić information content (AvgIpc) is 3.56. The van der Waals surface area contributed by atoms with Gasteiger partial charge in [-0.25, -0.2) is 0 Å². The molecule has 144 valence electrons. The molecule has 0 radical (unpaired) electrons. The van der Waals surface area contributed by atoms with Gasteiger partial charge in [0.05, 0.1) is 31.3 Å². The minimum atomic E-state index is 0.0990. The van der Waals surface area contributed by atoms with Gasteiger partial charge in [-0.05, 0) is 11.1 Å². The monoisotopic (exact) mass is 524 g/mol. The molecule has 0 aromatic heterocycles. The standard InChI is InChI=1S/C10H12BrClO.C7H7Br.C3H5ClO/c11-6-10(7-12)13-8-9-4-2-1-3-5-9;8-6-7-4-2-1-3-5-7;4-1-3-2-5-3/h1-5,10H,6-8H2;1-5H,6H2;3H,1-2H2. The van der Waals surface area contributed by atoms with Crippen LogP contribution in [0, 0.1) is 0 Å². The van der Waals surface area contributed by atoms with Gasteiger partial charge in [0.25, 0.3) is 0 Å². The molecule has 0 N–H and O–H groups in total. The quantitative estimate of drug-likeness (QED) is 0.307. The van der Waals surface area contributed by atoms with Gasteiger partial charge in [0.15, 0.2) is 0 Å². The lowest BCUT2D eigenvalue weighted by molar-refractivity contribution is 0.0717. The predicted octanol–water partition coefficient (Wildman–Crippen LogP) is 6.41. The third kappa shape index (κ3) is 12.3. The zero-order valence-electron chi connectivity index (χ0n) is 14.5. The van der Waals surface area contributed by atoms with E-state index in [-0.39, 0.29) is 6.10 Å². The van der Waals surface area contributed by atoms with E-state index in [4.69, 9.17) is 32.7 Å². The van der Waals surface area contributed by atoms with Crippen LogP contribution in [0.4, 0.5) is 0 Å². The molecule has 0 spiro atoms. The maximum absolute atomic E-state index is 5.68. The van der Waals surface area contributed by atoms with Crippen molar-refractivity contribution < 1.29 is 9.47 Å². The Bertz CT molecular complexity index is 550. The molecule has 2 unspecified atom stereocenters. The minimum absolute atomic E-state index is 0.0990. The van der Waals surface area contributed by atoms with Crippen molar-refractivity contribution >= 4 is 55.1 Å². The fourth-order valence-electron chi connectivity index (χ4n) is 1.64. The maximum Gasteiger partial charge on any atom is 0.0944 e. The highest BCUT2D eigenvalue weighted by molar-refractivity contribution is 9.09. The van der Waals surface area contributed by atoms with Gasteiger partial charge in [-0.3, -0.25) is 0 Å². The third-order valence-electron chi connectivity index (χ3n) is 3.24. The predicted molar refractivity (Wildman–Crippen MR) is 119 cm³/mol. The van der Waals surface area contributed by atoms with E-state index in [0.29, 0.717) is 24.5 Å². The van der Waals surface area contributed by atoms with Gasteiger partial charge < -0.3 is 9.47 Å². The Hall–Kier alpha value is -0.100. The molecule has 2 aromatic carbocycles. The molecule has 2 atom stereocenters. The second kappa shape index (κ2) is 15.9. The first-order valence-corrected chi connectivity index (χ1v) is 11.6. The fraction of sp³-hybridized carbons (Fsp3) is 0.400. The van der Waals surface area contributed by atoms with Gasteiger partial charge in [0.2, 0.25) is 0 Å². The number of ether oxygens (including phenoxy) is 2. The van der Waals surface area contributed by atoms with Crippen molar-refractivity contribution in [1.82, 2.24) is 0 Å². The zero-order chi connectivity index (χ0) is 19.0. The Labute approximate surface area is 183 Å². The molecule has 6 heteroatoms. The van der Waals surface area contributed by atoms with Crippen molar-refractivity contribution in [2.24, 2.45) is 0 Å². The summed E-state index contributed by atoms with van der Waals surface area (Å²) in [5.41, 5.74) is 2.51. The van der Waals surface area contributed by atoms with Crippen LogP contribution in [0.1, 0.15) is 11.1 Å². The SMILES string of the molecule is BrCc1ccccc1.ClCC(CBr)OCc1ccccc1.ClCC1CO1. The lowest BCUT2D eigenvalue weighted by Gasteiger charge is -2.11. The third-order valence-corrected chi connectivity index (χ3v) is 5.30. The average molecular weight is 527 g/mol. The van der Waals surface area contributed by atoms with Crippen LogP contribution in [0.5, 0.6) is 0 Å². The summed E-state index contributed by atoms with van der Waals surface area (Å²) in [7, 11) is 0. The van der Waals surface area contributed by atoms with Crippen LogP contribution in [0.3, 0.4) is 0 Å². The zero-order valence-corrected chi connectivity index (χ0v) is 19.2. The van der Waals surface area contributed by atoms with E-state index in [2.05, 4.69) is 44.0 Å². The van der Waals surface area contributed by atoms with E-state index in [1.165, 1.54) is 11.1 Å². The van der Waals surface area contributed by atoms with Gasteiger partial charge in [0, 0.05) is 16.5 Å². The first kappa shape index (κ1) is 23.9. The normalized spacial score (nSPS) is 15.8. The molecular formula is C20H24Br2Cl2O2. The fourth-order valence-corrected chi connectivity index (χ4v) is 3.07. The summed E-state index contributed by atoms with van der Waals surface area (Å²) in [6.45, 7) is 1.51. The van der Waals surface area contributed by atoms with E-state index in [1.807, 2.05) is 48.5 Å². The molecule has 1 aliphatic heterocycles. The molecule has 26 heavy (non-hydrogen) atoms. The number of hydrogen-bond acceptors (Lipinski definition) is 2. The highest BCUT2D eigenvalue weighted by Gasteiger charge is 2.19. The Kier molecular flexibility index (Phi) is 14.6. The summed E-state index contributed by atoms with van der Waals surface area (Å²) in [5, 5.41) is 1.73. The van der Waals surface area contributed by atoms with Crippen molar-refractivity contribution in [3.05, 3.63) is 71.8 Å². The molecule has 1 heterocycles. The van der Waals surface area contributed by atoms with Gasteiger partial charge in [-0.2, -0.15) is 0 Å². The molecule has 1 aliphatic rings. The summed E-state index contributed by atoms with van der Waals surface area (Å²) in [4.78, 5) is 0. The number of alkyl halides is 4. The van der Waals surface area contributed by atoms with Gasteiger partial charge in [-0.15, -0.1) is 23.2 Å². The Morgan fingerprint density at radius 2 is 1.50 bits per heavy atom. The van der Waals surface area contributed by atoms with Crippen LogP contribution >= 0.6 is 55.1 Å². The molecule has 2 aromatic rings. The summed E-state index contributed by atoms with van der Waals surface area (Å²) in [6.07, 6.45) is 0.499. The minimum Gasteiger partial charge on any atom is -0.372 e. The summed E-state index contributed by atoms with van der Waals surface area (Å²) in [6, 6.07) is 20.4. The van der Waals surface area contributed by atoms with Crippen LogP contribution in [0.25, 0.3) is 0 Å². The van der Waals surface area contributed by atoms with Crippen LogP contribution in [0.2, 0.25) is 0 Å². The van der Waals surface area contributed by atoms with E-state index >= 15 is 0 Å². The number of epoxide rings is 1. The maximum atomic E-state index is 5.68. The summed E-state index contributed by atoms with van der Waals surface area (Å²) >= 11 is 17.7. The molecule has 3 rings (SSSR count). The topological polar surface area (TPSA) is 21.8 Å². The molecule has 0 amide bonds. The highest BCUT2D eigenvalue weighted by Crippen LogP contribution is 2.09. The van der Waals surface area contributed by atoms with E-state index in [9.17, 15) is 0 Å². The number of halogens is 4. The first-order chi connectivity index (χ1) is 12.7. The molecule has 0 saturated carbocycles. The number of hydrogen-bond donors (Lipinski definition) is 0. The van der Waals surface area contributed by atoms with Crippen molar-refractivity contribution in [2.75, 3.05) is 23.7 Å². The van der Waals surface area contributed by atoms with Crippen LogP contribution in [-0.2, 0) is 21.4 Å². The highest BCUT2D eigenvalue weighted by atomic mass is 79.9. The van der Waals surface area contributed by atoms with Gasteiger partial charge in [0.1, 0.15) is 0 Å². The Morgan fingerprint density at radius 3 is 1.81 bits per heavy atom. The molecule has 2 nitrogen and oxygen atoms in total. The van der Waals surface area contributed by atoms with Gasteiger partial charge in [-0.1, -0.05) is 92.5 Å². The molecule has 1 fully saturated rings. The summed E-state index contributed by atoms with van der Waals surface area (Å²) in [5.74, 6) is 1.19.